The SMILES string of the molecule is CC(C)CCN(C)S(=O)(=O)c1cnc[nH]1. The first-order valence-electron chi connectivity index (χ1n) is 4.89. The van der Waals surface area contributed by atoms with Gasteiger partial charge >= 0.3 is 0 Å². The number of imidazole rings is 1. The van der Waals surface area contributed by atoms with E-state index in [-0.39, 0.29) is 5.03 Å². The third-order valence-corrected chi connectivity index (χ3v) is 3.96. The van der Waals surface area contributed by atoms with E-state index in [4.69, 9.17) is 0 Å². The van der Waals surface area contributed by atoms with Crippen LogP contribution in [0.25, 0.3) is 0 Å². The third-order valence-electron chi connectivity index (χ3n) is 2.18. The highest BCUT2D eigenvalue weighted by molar-refractivity contribution is 7.89. The van der Waals surface area contributed by atoms with Crippen LogP contribution >= 0.6 is 0 Å². The minimum Gasteiger partial charge on any atom is -0.335 e. The van der Waals surface area contributed by atoms with E-state index in [0.29, 0.717) is 12.5 Å². The van der Waals surface area contributed by atoms with E-state index in [1.807, 2.05) is 0 Å². The zero-order chi connectivity index (χ0) is 11.5. The second-order valence-corrected chi connectivity index (χ2v) is 5.94. The molecule has 0 fully saturated rings. The largest absolute Gasteiger partial charge is 0.335 e. The van der Waals surface area contributed by atoms with Gasteiger partial charge in [0.25, 0.3) is 10.0 Å². The number of nitrogens with one attached hydrogen (secondary N) is 1. The molecule has 1 rings (SSSR count). The lowest BCUT2D eigenvalue weighted by atomic mass is 10.1. The van der Waals surface area contributed by atoms with E-state index in [1.54, 1.807) is 7.05 Å². The summed E-state index contributed by atoms with van der Waals surface area (Å²) >= 11 is 0. The molecule has 0 amide bonds. The predicted octanol–water partition coefficient (Wildman–Crippen LogP) is 1.08. The Bertz CT molecular complexity index is 383. The zero-order valence-electron chi connectivity index (χ0n) is 9.27. The molecule has 5 nitrogen and oxygen atoms in total. The van der Waals surface area contributed by atoms with E-state index in [1.165, 1.54) is 16.8 Å². The van der Waals surface area contributed by atoms with E-state index in [9.17, 15) is 8.42 Å². The number of nitrogens with zero attached hydrogens (tertiary/aromatic N) is 2. The molecular formula is C9H17N3O2S. The van der Waals surface area contributed by atoms with Gasteiger partial charge in [0.15, 0.2) is 5.03 Å². The van der Waals surface area contributed by atoms with Gasteiger partial charge in [0.2, 0.25) is 0 Å². The third kappa shape index (κ3) is 3.04. The molecular weight excluding hydrogens is 214 g/mol. The molecule has 0 aliphatic rings. The Labute approximate surface area is 90.6 Å². The molecule has 0 spiro atoms. The number of H-pyrrole nitrogens is 1. The average molecular weight is 231 g/mol. The Morgan fingerprint density at radius 3 is 2.67 bits per heavy atom. The molecule has 0 saturated heterocycles. The zero-order valence-corrected chi connectivity index (χ0v) is 10.1. The van der Waals surface area contributed by atoms with Crippen molar-refractivity contribution in [2.24, 2.45) is 5.92 Å². The summed E-state index contributed by atoms with van der Waals surface area (Å²) in [6.45, 7) is 4.66. The van der Waals surface area contributed by atoms with Crippen molar-refractivity contribution in [3.63, 3.8) is 0 Å². The van der Waals surface area contributed by atoms with Crippen molar-refractivity contribution in [2.45, 2.75) is 25.3 Å². The van der Waals surface area contributed by atoms with Crippen LogP contribution in [-0.2, 0) is 10.0 Å². The minimum atomic E-state index is -3.38. The molecule has 0 aliphatic heterocycles. The molecule has 1 aromatic rings. The first-order valence-corrected chi connectivity index (χ1v) is 6.33. The van der Waals surface area contributed by atoms with Gasteiger partial charge < -0.3 is 4.98 Å². The van der Waals surface area contributed by atoms with Gasteiger partial charge in [-0.2, -0.15) is 4.31 Å². The smallest absolute Gasteiger partial charge is 0.259 e. The fourth-order valence-electron chi connectivity index (χ4n) is 1.11. The molecule has 15 heavy (non-hydrogen) atoms. The Morgan fingerprint density at radius 2 is 2.20 bits per heavy atom. The maximum Gasteiger partial charge on any atom is 0.259 e. The van der Waals surface area contributed by atoms with Crippen LogP contribution in [-0.4, -0.2) is 36.3 Å². The van der Waals surface area contributed by atoms with Crippen molar-refractivity contribution in [1.29, 1.82) is 0 Å². The van der Waals surface area contributed by atoms with E-state index in [0.717, 1.165) is 6.42 Å². The molecule has 1 heterocycles. The highest BCUT2D eigenvalue weighted by atomic mass is 32.2. The molecule has 86 valence electrons. The first kappa shape index (κ1) is 12.2. The standard InChI is InChI=1S/C9H17N3O2S/c1-8(2)4-5-12(3)15(13,14)9-6-10-7-11-9/h6-8H,4-5H2,1-3H3,(H,10,11). The van der Waals surface area contributed by atoms with Crippen molar-refractivity contribution < 1.29 is 8.42 Å². The summed E-state index contributed by atoms with van der Waals surface area (Å²) in [5, 5.41) is 0.147. The molecule has 1 aromatic heterocycles. The molecule has 1 N–H and O–H groups in total. The fourth-order valence-corrected chi connectivity index (χ4v) is 2.19. The van der Waals surface area contributed by atoms with E-state index >= 15 is 0 Å². The molecule has 0 unspecified atom stereocenters. The van der Waals surface area contributed by atoms with Gasteiger partial charge in [-0.3, -0.25) is 0 Å². The second kappa shape index (κ2) is 4.76. The maximum absolute atomic E-state index is 11.9. The van der Waals surface area contributed by atoms with Crippen LogP contribution in [0.2, 0.25) is 0 Å². The van der Waals surface area contributed by atoms with Gasteiger partial charge in [-0.05, 0) is 12.3 Å². The Balaban J connectivity index is 2.71. The summed E-state index contributed by atoms with van der Waals surface area (Å²) in [5.41, 5.74) is 0. The van der Waals surface area contributed by atoms with Gasteiger partial charge in [0, 0.05) is 13.6 Å². The van der Waals surface area contributed by atoms with Gasteiger partial charge in [0.1, 0.15) is 0 Å². The number of hydrogen-bond donors (Lipinski definition) is 1. The Kier molecular flexibility index (Phi) is 3.87. The topological polar surface area (TPSA) is 66.1 Å². The Morgan fingerprint density at radius 1 is 1.53 bits per heavy atom. The number of rotatable bonds is 5. The van der Waals surface area contributed by atoms with Gasteiger partial charge in [0.05, 0.1) is 12.5 Å². The van der Waals surface area contributed by atoms with Gasteiger partial charge in [-0.1, -0.05) is 13.8 Å². The molecule has 6 heteroatoms. The van der Waals surface area contributed by atoms with Crippen LogP contribution in [0.5, 0.6) is 0 Å². The van der Waals surface area contributed by atoms with E-state index in [2.05, 4.69) is 23.8 Å². The summed E-state index contributed by atoms with van der Waals surface area (Å²) < 4.78 is 25.1. The van der Waals surface area contributed by atoms with Crippen LogP contribution in [0.1, 0.15) is 20.3 Å². The van der Waals surface area contributed by atoms with Crippen LogP contribution in [0.4, 0.5) is 0 Å². The number of hydrogen-bond acceptors (Lipinski definition) is 3. The summed E-state index contributed by atoms with van der Waals surface area (Å²) in [6.07, 6.45) is 3.54. The van der Waals surface area contributed by atoms with Crippen molar-refractivity contribution in [3.05, 3.63) is 12.5 Å². The lowest BCUT2D eigenvalue weighted by Crippen LogP contribution is -2.28. The number of aromatic nitrogens is 2. The summed E-state index contributed by atoms with van der Waals surface area (Å²) in [4.78, 5) is 6.31. The van der Waals surface area contributed by atoms with Crippen molar-refractivity contribution in [3.8, 4) is 0 Å². The van der Waals surface area contributed by atoms with Crippen molar-refractivity contribution in [2.75, 3.05) is 13.6 Å². The van der Waals surface area contributed by atoms with Crippen molar-refractivity contribution in [1.82, 2.24) is 14.3 Å². The average Bonchev–Trinajstić information content (AvgIpc) is 2.66. The maximum atomic E-state index is 11.9. The summed E-state index contributed by atoms with van der Waals surface area (Å²) in [6, 6.07) is 0. The highest BCUT2D eigenvalue weighted by Gasteiger charge is 2.21. The van der Waals surface area contributed by atoms with Crippen LogP contribution in [0.3, 0.4) is 0 Å². The molecule has 0 saturated carbocycles. The second-order valence-electron chi connectivity index (χ2n) is 3.92. The van der Waals surface area contributed by atoms with Crippen molar-refractivity contribution >= 4 is 10.0 Å². The fraction of sp³-hybridized carbons (Fsp3) is 0.667. The number of sulfonamides is 1. The number of aromatic amines is 1. The molecule has 0 bridgehead atoms. The summed E-state index contributed by atoms with van der Waals surface area (Å²) in [7, 11) is -1.79. The summed E-state index contributed by atoms with van der Waals surface area (Å²) in [5.74, 6) is 0.490. The van der Waals surface area contributed by atoms with Crippen LogP contribution in [0, 0.1) is 5.92 Å². The highest BCUT2D eigenvalue weighted by Crippen LogP contribution is 2.11. The lowest BCUT2D eigenvalue weighted by molar-refractivity contribution is 0.426. The monoisotopic (exact) mass is 231 g/mol. The molecule has 0 aromatic carbocycles. The lowest BCUT2D eigenvalue weighted by Gasteiger charge is -2.16. The molecule has 0 radical (unpaired) electrons. The van der Waals surface area contributed by atoms with Crippen LogP contribution < -0.4 is 0 Å². The predicted molar refractivity (Wildman–Crippen MR) is 57.9 cm³/mol. The van der Waals surface area contributed by atoms with Gasteiger partial charge in [-0.15, -0.1) is 0 Å². The Hall–Kier alpha value is -0.880. The van der Waals surface area contributed by atoms with Gasteiger partial charge in [-0.25, -0.2) is 13.4 Å². The normalized spacial score (nSPS) is 12.6. The molecule has 0 atom stereocenters. The van der Waals surface area contributed by atoms with E-state index < -0.39 is 10.0 Å². The van der Waals surface area contributed by atoms with Crippen LogP contribution in [0.15, 0.2) is 17.6 Å². The quantitative estimate of drug-likeness (QED) is 0.824. The molecule has 0 aliphatic carbocycles. The first-order chi connectivity index (χ1) is 6.94. The minimum absolute atomic E-state index is 0.147.